The first-order valence-electron chi connectivity index (χ1n) is 7.47. The summed E-state index contributed by atoms with van der Waals surface area (Å²) in [5, 5.41) is 0.586. The second-order valence-corrected chi connectivity index (χ2v) is 6.19. The summed E-state index contributed by atoms with van der Waals surface area (Å²) in [4.78, 5) is 28.0. The van der Waals surface area contributed by atoms with Gasteiger partial charge >= 0.3 is 0 Å². The van der Waals surface area contributed by atoms with Gasteiger partial charge in [0.25, 0.3) is 0 Å². The van der Waals surface area contributed by atoms with Crippen molar-refractivity contribution < 1.29 is 9.53 Å². The normalized spacial score (nSPS) is 24.0. The first-order chi connectivity index (χ1) is 10.4. The fourth-order valence-corrected chi connectivity index (χ4v) is 3.68. The van der Waals surface area contributed by atoms with Crippen molar-refractivity contribution in [3.05, 3.63) is 39.7 Å². The molecule has 1 aromatic carbocycles. The molecule has 0 bridgehead atoms. The number of methoxy groups -OCH3 is 1. The summed E-state index contributed by atoms with van der Waals surface area (Å²) in [6, 6.07) is 5.33. The van der Waals surface area contributed by atoms with Gasteiger partial charge in [-0.2, -0.15) is 0 Å². The molecule has 22 heavy (non-hydrogen) atoms. The van der Waals surface area contributed by atoms with Gasteiger partial charge in [0, 0.05) is 22.2 Å². The van der Waals surface area contributed by atoms with E-state index in [0.29, 0.717) is 27.9 Å². The minimum Gasteiger partial charge on any atom is -0.497 e. The number of aromatic nitrogens is 1. The number of carbonyl (C=O) groups excluding carboxylic acids is 1. The van der Waals surface area contributed by atoms with Crippen LogP contribution in [0.4, 0.5) is 0 Å². The van der Waals surface area contributed by atoms with Crippen LogP contribution in [0.3, 0.4) is 0 Å². The minimum absolute atomic E-state index is 0.0340. The van der Waals surface area contributed by atoms with E-state index in [0.717, 1.165) is 6.42 Å². The number of primary amides is 1. The number of nitrogens with one attached hydrogen (secondary N) is 1. The summed E-state index contributed by atoms with van der Waals surface area (Å²) in [5.74, 6) is 0.0297. The number of hydrogen-bond donors (Lipinski definition) is 2. The third-order valence-corrected chi connectivity index (χ3v) is 4.68. The van der Waals surface area contributed by atoms with Crippen molar-refractivity contribution in [2.45, 2.75) is 32.1 Å². The molecule has 3 rings (SSSR count). The Morgan fingerprint density at radius 2 is 2.09 bits per heavy atom. The molecule has 0 aliphatic heterocycles. The number of H-pyrrole nitrogens is 1. The Bertz CT molecular complexity index is 809. The zero-order chi connectivity index (χ0) is 16.0. The van der Waals surface area contributed by atoms with Crippen LogP contribution >= 0.6 is 0 Å². The molecule has 3 unspecified atom stereocenters. The Hall–Kier alpha value is -2.30. The fourth-order valence-electron chi connectivity index (χ4n) is 3.68. The lowest BCUT2D eigenvalue weighted by atomic mass is 9.73. The van der Waals surface area contributed by atoms with Gasteiger partial charge in [-0.25, -0.2) is 0 Å². The molecule has 1 aliphatic carbocycles. The topological polar surface area (TPSA) is 85.2 Å². The number of benzene rings is 1. The molecule has 5 nitrogen and oxygen atoms in total. The number of hydrogen-bond acceptors (Lipinski definition) is 3. The minimum atomic E-state index is -0.439. The molecule has 0 spiro atoms. The SMILES string of the molecule is COc1ccc2[nH]c3c(c(=O)c2c1)C(C)CC(C)C3C(N)=O. The van der Waals surface area contributed by atoms with Crippen molar-refractivity contribution in [1.82, 2.24) is 4.98 Å². The average molecular weight is 300 g/mol. The number of aromatic amines is 1. The van der Waals surface area contributed by atoms with Gasteiger partial charge in [0.1, 0.15) is 5.75 Å². The highest BCUT2D eigenvalue weighted by atomic mass is 16.5. The first-order valence-corrected chi connectivity index (χ1v) is 7.47. The van der Waals surface area contributed by atoms with Crippen LogP contribution in [0.1, 0.15) is 43.4 Å². The summed E-state index contributed by atoms with van der Waals surface area (Å²) in [6.45, 7) is 4.03. The molecule has 0 radical (unpaired) electrons. The lowest BCUT2D eigenvalue weighted by Crippen LogP contribution is -2.35. The maximum Gasteiger partial charge on any atom is 0.226 e. The number of pyridine rings is 1. The molecule has 3 N–H and O–H groups in total. The van der Waals surface area contributed by atoms with Crippen molar-refractivity contribution in [2.75, 3.05) is 7.11 Å². The predicted octanol–water partition coefficient (Wildman–Crippen LogP) is 2.25. The Labute approximate surface area is 128 Å². The molecule has 1 aliphatic rings. The molecule has 1 aromatic heterocycles. The molecular weight excluding hydrogens is 280 g/mol. The van der Waals surface area contributed by atoms with Crippen LogP contribution in [0.5, 0.6) is 5.75 Å². The monoisotopic (exact) mass is 300 g/mol. The van der Waals surface area contributed by atoms with Crippen molar-refractivity contribution in [2.24, 2.45) is 11.7 Å². The average Bonchev–Trinajstić information content (AvgIpc) is 2.46. The van der Waals surface area contributed by atoms with Gasteiger partial charge in [-0.05, 0) is 36.5 Å². The highest BCUT2D eigenvalue weighted by molar-refractivity contribution is 5.86. The summed E-state index contributed by atoms with van der Waals surface area (Å²) in [7, 11) is 1.57. The lowest BCUT2D eigenvalue weighted by Gasteiger charge is -2.32. The van der Waals surface area contributed by atoms with E-state index in [2.05, 4.69) is 4.98 Å². The van der Waals surface area contributed by atoms with E-state index in [1.807, 2.05) is 13.8 Å². The molecule has 1 amide bonds. The van der Waals surface area contributed by atoms with Crippen LogP contribution in [0.15, 0.2) is 23.0 Å². The third kappa shape index (κ3) is 2.08. The maximum absolute atomic E-state index is 12.9. The van der Waals surface area contributed by atoms with E-state index in [-0.39, 0.29) is 23.2 Å². The summed E-state index contributed by atoms with van der Waals surface area (Å²) in [6.07, 6.45) is 0.777. The van der Waals surface area contributed by atoms with Crippen LogP contribution < -0.4 is 15.9 Å². The van der Waals surface area contributed by atoms with Gasteiger partial charge in [0.15, 0.2) is 5.43 Å². The summed E-state index contributed by atoms with van der Waals surface area (Å²) in [5.41, 5.74) is 7.61. The quantitative estimate of drug-likeness (QED) is 0.892. The Kier molecular flexibility index (Phi) is 3.43. The molecule has 0 fully saturated rings. The van der Waals surface area contributed by atoms with Gasteiger partial charge in [-0.3, -0.25) is 9.59 Å². The van der Waals surface area contributed by atoms with E-state index in [9.17, 15) is 9.59 Å². The second-order valence-electron chi connectivity index (χ2n) is 6.19. The largest absolute Gasteiger partial charge is 0.497 e. The van der Waals surface area contributed by atoms with Gasteiger partial charge in [-0.15, -0.1) is 0 Å². The van der Waals surface area contributed by atoms with Crippen molar-refractivity contribution >= 4 is 16.8 Å². The number of nitrogens with two attached hydrogens (primary N) is 1. The smallest absolute Gasteiger partial charge is 0.226 e. The van der Waals surface area contributed by atoms with E-state index >= 15 is 0 Å². The number of rotatable bonds is 2. The lowest BCUT2D eigenvalue weighted by molar-refractivity contribution is -0.120. The van der Waals surface area contributed by atoms with Gasteiger partial charge < -0.3 is 15.5 Å². The van der Waals surface area contributed by atoms with Crippen LogP contribution in [0.25, 0.3) is 10.9 Å². The maximum atomic E-state index is 12.9. The van der Waals surface area contributed by atoms with Gasteiger partial charge in [0.05, 0.1) is 13.0 Å². The Morgan fingerprint density at radius 1 is 1.36 bits per heavy atom. The van der Waals surface area contributed by atoms with Crippen LogP contribution in [0, 0.1) is 5.92 Å². The number of amides is 1. The predicted molar refractivity (Wildman–Crippen MR) is 85.3 cm³/mol. The Morgan fingerprint density at radius 3 is 2.73 bits per heavy atom. The number of ether oxygens (including phenoxy) is 1. The Balaban J connectivity index is 2.35. The summed E-state index contributed by atoms with van der Waals surface area (Å²) >= 11 is 0. The molecule has 0 saturated heterocycles. The van der Waals surface area contributed by atoms with E-state index in [4.69, 9.17) is 10.5 Å². The highest BCUT2D eigenvalue weighted by Gasteiger charge is 2.36. The zero-order valence-corrected chi connectivity index (χ0v) is 13.0. The number of carbonyl (C=O) groups is 1. The van der Waals surface area contributed by atoms with Gasteiger partial charge in [-0.1, -0.05) is 13.8 Å². The van der Waals surface area contributed by atoms with Crippen molar-refractivity contribution in [3.63, 3.8) is 0 Å². The molecule has 116 valence electrons. The molecule has 0 saturated carbocycles. The number of fused-ring (bicyclic) bond motifs is 2. The van der Waals surface area contributed by atoms with Crippen LogP contribution in [-0.2, 0) is 4.79 Å². The summed E-state index contributed by atoms with van der Waals surface area (Å²) < 4.78 is 5.20. The molecule has 3 atom stereocenters. The van der Waals surface area contributed by atoms with Crippen LogP contribution in [-0.4, -0.2) is 18.0 Å². The van der Waals surface area contributed by atoms with Crippen molar-refractivity contribution in [1.29, 1.82) is 0 Å². The fraction of sp³-hybridized carbons (Fsp3) is 0.412. The molecule has 2 aromatic rings. The standard InChI is InChI=1S/C17H20N2O3/c1-8-6-9(2)14(17(18)21)15-13(8)16(20)11-7-10(22-3)4-5-12(11)19-15/h4-5,7-9,14H,6H2,1-3H3,(H2,18,21)(H,19,20). The van der Waals surface area contributed by atoms with Gasteiger partial charge in [0.2, 0.25) is 5.91 Å². The van der Waals surface area contributed by atoms with E-state index in [1.54, 1.807) is 25.3 Å². The van der Waals surface area contributed by atoms with Crippen LogP contribution in [0.2, 0.25) is 0 Å². The van der Waals surface area contributed by atoms with E-state index in [1.165, 1.54) is 0 Å². The zero-order valence-electron chi connectivity index (χ0n) is 13.0. The first kappa shape index (κ1) is 14.6. The third-order valence-electron chi connectivity index (χ3n) is 4.68. The van der Waals surface area contributed by atoms with Crippen molar-refractivity contribution in [3.8, 4) is 5.75 Å². The molecular formula is C17H20N2O3. The highest BCUT2D eigenvalue weighted by Crippen LogP contribution is 2.40. The molecule has 5 heteroatoms. The molecule has 1 heterocycles. The second kappa shape index (κ2) is 5.16. The van der Waals surface area contributed by atoms with E-state index < -0.39 is 5.92 Å².